The van der Waals surface area contributed by atoms with Crippen molar-refractivity contribution < 1.29 is 22.7 Å². The molecule has 0 aliphatic rings. The summed E-state index contributed by atoms with van der Waals surface area (Å²) in [6.45, 7) is 2.92. The third-order valence-electron chi connectivity index (χ3n) is 5.76. The van der Waals surface area contributed by atoms with Gasteiger partial charge in [0, 0.05) is 43.1 Å². The number of halogens is 3. The van der Waals surface area contributed by atoms with Gasteiger partial charge in [0.25, 0.3) is 5.91 Å². The fraction of sp³-hybridized carbons (Fsp3) is 0.259. The number of nitrogens with zero attached hydrogens (tertiary/aromatic N) is 4. The first-order chi connectivity index (χ1) is 18.7. The number of carbonyl (C=O) groups is 1. The van der Waals surface area contributed by atoms with Crippen LogP contribution in [-0.4, -0.2) is 52.7 Å². The number of ether oxygens (including phenoxy) is 1. The van der Waals surface area contributed by atoms with Crippen LogP contribution in [0.3, 0.4) is 0 Å². The molecule has 0 radical (unpaired) electrons. The van der Waals surface area contributed by atoms with E-state index in [1.807, 2.05) is 0 Å². The zero-order valence-corrected chi connectivity index (χ0v) is 21.5. The zero-order chi connectivity index (χ0) is 28.0. The van der Waals surface area contributed by atoms with Crippen molar-refractivity contribution in [2.75, 3.05) is 32.6 Å². The molecule has 9 nitrogen and oxygen atoms in total. The molecule has 0 bridgehead atoms. The number of aromatic nitrogens is 4. The number of hydrogen-bond acceptors (Lipinski definition) is 7. The molecule has 3 N–H and O–H groups in total. The van der Waals surface area contributed by atoms with E-state index in [9.17, 15) is 18.0 Å². The van der Waals surface area contributed by atoms with Gasteiger partial charge in [-0.15, -0.1) is 5.10 Å². The summed E-state index contributed by atoms with van der Waals surface area (Å²) < 4.78 is 47.8. The summed E-state index contributed by atoms with van der Waals surface area (Å²) in [6.07, 6.45) is -1.67. The van der Waals surface area contributed by atoms with E-state index in [-0.39, 0.29) is 23.4 Å². The van der Waals surface area contributed by atoms with Crippen LogP contribution >= 0.6 is 0 Å². The van der Waals surface area contributed by atoms with Gasteiger partial charge >= 0.3 is 6.18 Å². The smallest absolute Gasteiger partial charge is 0.416 e. The first-order valence-electron chi connectivity index (χ1n) is 11.9. The van der Waals surface area contributed by atoms with Crippen molar-refractivity contribution in [3.63, 3.8) is 0 Å². The highest BCUT2D eigenvalue weighted by Crippen LogP contribution is 2.34. The number of imidazole rings is 1. The maximum absolute atomic E-state index is 13.7. The fourth-order valence-corrected chi connectivity index (χ4v) is 3.68. The molecule has 0 aliphatic carbocycles. The molecule has 3 heterocycles. The monoisotopic (exact) mass is 537 g/mol. The number of benzene rings is 1. The van der Waals surface area contributed by atoms with Crippen LogP contribution in [0.25, 0.3) is 5.65 Å². The molecule has 202 valence electrons. The maximum Gasteiger partial charge on any atom is 0.416 e. The molecular formula is C27H26F3N7O2. The molecule has 0 spiro atoms. The first kappa shape index (κ1) is 27.6. The number of rotatable bonds is 8. The van der Waals surface area contributed by atoms with Gasteiger partial charge in [0.1, 0.15) is 5.69 Å². The van der Waals surface area contributed by atoms with Crippen molar-refractivity contribution in [3.05, 3.63) is 82.4 Å². The van der Waals surface area contributed by atoms with Crippen molar-refractivity contribution in [2.45, 2.75) is 19.6 Å². The summed E-state index contributed by atoms with van der Waals surface area (Å²) in [5, 5.41) is 12.7. The van der Waals surface area contributed by atoms with Crippen molar-refractivity contribution in [3.8, 4) is 17.7 Å². The first-order valence-corrected chi connectivity index (χ1v) is 11.9. The van der Waals surface area contributed by atoms with Gasteiger partial charge in [0.15, 0.2) is 5.65 Å². The number of aryl methyl sites for hydroxylation is 1. The molecule has 0 unspecified atom stereocenters. The standard InChI is InChI=1S/C27H26F3N7O2/c1-17-18(5-7-22-16-34-24-8-9-25(39-3)36-37(22)24)12-20(15-33-17)26(38)35-21-6-4-19(14-32-11-10-31-2)23(13-21)27(28,29)30/h4,6,8-9,12-13,15-16,31-32H,10-11,14H2,1-3H3,(H,35,38). The predicted octanol–water partition coefficient (Wildman–Crippen LogP) is 3.42. The second-order valence-electron chi connectivity index (χ2n) is 8.50. The summed E-state index contributed by atoms with van der Waals surface area (Å²) in [5.74, 6) is 5.73. The number of pyridine rings is 1. The Labute approximate surface area is 222 Å². The molecule has 4 aromatic rings. The highest BCUT2D eigenvalue weighted by atomic mass is 19.4. The molecule has 39 heavy (non-hydrogen) atoms. The highest BCUT2D eigenvalue weighted by molar-refractivity contribution is 6.04. The van der Waals surface area contributed by atoms with Crippen LogP contribution < -0.4 is 20.7 Å². The van der Waals surface area contributed by atoms with E-state index in [4.69, 9.17) is 4.74 Å². The zero-order valence-electron chi connectivity index (χ0n) is 21.5. The number of fused-ring (bicyclic) bond motifs is 1. The van der Waals surface area contributed by atoms with E-state index >= 15 is 0 Å². The van der Waals surface area contributed by atoms with Crippen molar-refractivity contribution in [1.29, 1.82) is 0 Å². The van der Waals surface area contributed by atoms with Gasteiger partial charge in [-0.1, -0.05) is 12.0 Å². The molecule has 12 heteroatoms. The van der Waals surface area contributed by atoms with Gasteiger partial charge in [0.05, 0.1) is 30.1 Å². The molecule has 1 aromatic carbocycles. The van der Waals surface area contributed by atoms with Crippen LogP contribution in [0.15, 0.2) is 48.8 Å². The summed E-state index contributed by atoms with van der Waals surface area (Å²) >= 11 is 0. The highest BCUT2D eigenvalue weighted by Gasteiger charge is 2.33. The van der Waals surface area contributed by atoms with Crippen LogP contribution in [0.1, 0.15) is 38.4 Å². The van der Waals surface area contributed by atoms with Crippen LogP contribution in [0, 0.1) is 18.8 Å². The Bertz CT molecular complexity index is 1550. The van der Waals surface area contributed by atoms with Gasteiger partial charge in [0.2, 0.25) is 5.88 Å². The SMILES string of the molecule is CNCCNCc1ccc(NC(=O)c2cnc(C)c(C#Cc3cnc4ccc(OC)nn34)c2)cc1C(F)(F)F. The minimum atomic E-state index is -4.58. The topological polar surface area (TPSA) is 105 Å². The molecule has 3 aromatic heterocycles. The number of anilines is 1. The Balaban J connectivity index is 1.55. The molecular weight excluding hydrogens is 511 g/mol. The number of hydrogen-bond donors (Lipinski definition) is 3. The molecule has 4 rings (SSSR count). The van der Waals surface area contributed by atoms with E-state index in [2.05, 4.69) is 42.9 Å². The van der Waals surface area contributed by atoms with Crippen molar-refractivity contribution >= 4 is 17.2 Å². The largest absolute Gasteiger partial charge is 0.480 e. The van der Waals surface area contributed by atoms with E-state index in [1.54, 1.807) is 32.3 Å². The van der Waals surface area contributed by atoms with Crippen LogP contribution in [0.2, 0.25) is 0 Å². The number of amides is 1. The summed E-state index contributed by atoms with van der Waals surface area (Å²) in [6, 6.07) is 8.69. The normalized spacial score (nSPS) is 11.2. The van der Waals surface area contributed by atoms with E-state index in [1.165, 1.54) is 36.0 Å². The number of methoxy groups -OCH3 is 1. The minimum Gasteiger partial charge on any atom is -0.480 e. The maximum atomic E-state index is 13.7. The molecule has 0 aliphatic heterocycles. The number of carbonyl (C=O) groups excluding carboxylic acids is 1. The third-order valence-corrected chi connectivity index (χ3v) is 5.76. The summed E-state index contributed by atoms with van der Waals surface area (Å²) in [7, 11) is 3.26. The molecule has 0 saturated heterocycles. The minimum absolute atomic E-state index is 0.0188. The van der Waals surface area contributed by atoms with E-state index < -0.39 is 17.6 Å². The Kier molecular flexibility index (Phi) is 8.43. The Morgan fingerprint density at radius 2 is 1.90 bits per heavy atom. The number of alkyl halides is 3. The predicted molar refractivity (Wildman–Crippen MR) is 140 cm³/mol. The van der Waals surface area contributed by atoms with Crippen LogP contribution in [0.4, 0.5) is 18.9 Å². The average Bonchev–Trinajstić information content (AvgIpc) is 3.32. The van der Waals surface area contributed by atoms with Gasteiger partial charge < -0.3 is 20.7 Å². The summed E-state index contributed by atoms with van der Waals surface area (Å²) in [5.41, 5.74) is 1.57. The fourth-order valence-electron chi connectivity index (χ4n) is 3.68. The van der Waals surface area contributed by atoms with Gasteiger partial charge in [-0.25, -0.2) is 9.50 Å². The lowest BCUT2D eigenvalue weighted by Gasteiger charge is -2.16. The number of nitrogens with one attached hydrogen (secondary N) is 3. The second kappa shape index (κ2) is 11.9. The molecule has 0 saturated carbocycles. The lowest BCUT2D eigenvalue weighted by Crippen LogP contribution is -2.25. The Morgan fingerprint density at radius 3 is 2.64 bits per heavy atom. The van der Waals surface area contributed by atoms with Gasteiger partial charge in [-0.3, -0.25) is 9.78 Å². The molecule has 1 amide bonds. The lowest BCUT2D eigenvalue weighted by molar-refractivity contribution is -0.138. The van der Waals surface area contributed by atoms with Gasteiger partial charge in [-0.05, 0) is 49.7 Å². The van der Waals surface area contributed by atoms with Crippen molar-refractivity contribution in [2.24, 2.45) is 0 Å². The van der Waals surface area contributed by atoms with Crippen LogP contribution in [-0.2, 0) is 12.7 Å². The van der Waals surface area contributed by atoms with Gasteiger partial charge in [-0.2, -0.15) is 13.2 Å². The van der Waals surface area contributed by atoms with Crippen LogP contribution in [0.5, 0.6) is 5.88 Å². The quantitative estimate of drug-likeness (QED) is 0.234. The Hall–Kier alpha value is -4.47. The molecule has 0 fully saturated rings. The summed E-state index contributed by atoms with van der Waals surface area (Å²) in [4.78, 5) is 21.4. The number of likely N-dealkylation sites (N-methyl/N-ethyl adjacent to an activating group) is 1. The molecule has 0 atom stereocenters. The van der Waals surface area contributed by atoms with Crippen molar-refractivity contribution in [1.82, 2.24) is 30.2 Å². The second-order valence-corrected chi connectivity index (χ2v) is 8.50. The average molecular weight is 538 g/mol. The lowest BCUT2D eigenvalue weighted by atomic mass is 10.1. The Morgan fingerprint density at radius 1 is 1.08 bits per heavy atom. The third kappa shape index (κ3) is 6.70. The van der Waals surface area contributed by atoms with E-state index in [0.29, 0.717) is 41.6 Å². The van der Waals surface area contributed by atoms with E-state index in [0.717, 1.165) is 6.07 Å².